The third kappa shape index (κ3) is 7.10. The number of primary amides is 1. The summed E-state index contributed by atoms with van der Waals surface area (Å²) in [6.07, 6.45) is 1.94. The van der Waals surface area contributed by atoms with Gasteiger partial charge in [-0.05, 0) is 48.5 Å². The van der Waals surface area contributed by atoms with Gasteiger partial charge in [0.1, 0.15) is 18.0 Å². The van der Waals surface area contributed by atoms with Gasteiger partial charge in [0.25, 0.3) is 0 Å². The third-order valence-electron chi connectivity index (χ3n) is 6.55. The Balaban J connectivity index is 1.72. The molecule has 4 N–H and O–H groups in total. The van der Waals surface area contributed by atoms with E-state index in [-0.39, 0.29) is 18.0 Å². The average Bonchev–Trinajstić information content (AvgIpc) is 3.60. The first kappa shape index (κ1) is 28.9. The lowest BCUT2D eigenvalue weighted by Crippen LogP contribution is -2.41. The standard InChI is InChI=1S/C28H33ClN8O3/c1-4-5-11-24-31-25(26(29)32-24)22(40-28(39)21(37(2)3)16-23(30)38)15-17-12-13-19(18-9-7-6-8-10-18)20(14-17)27-33-35-36-34-27/h6-10,12-14,21-22H,4-5,11,15-16H2,1-3H3,(H2,30,38)(H,31,32)(H,33,34,35,36)/t21-,22-/m1/s1. The number of rotatable bonds is 13. The number of amides is 1. The molecule has 0 bridgehead atoms. The highest BCUT2D eigenvalue weighted by molar-refractivity contribution is 6.30. The van der Waals surface area contributed by atoms with Crippen molar-refractivity contribution in [3.63, 3.8) is 0 Å². The van der Waals surface area contributed by atoms with Crippen LogP contribution in [0.5, 0.6) is 0 Å². The van der Waals surface area contributed by atoms with Crippen molar-refractivity contribution in [1.29, 1.82) is 0 Å². The van der Waals surface area contributed by atoms with Gasteiger partial charge in [0.15, 0.2) is 5.15 Å². The number of benzene rings is 2. The number of imidazole rings is 1. The van der Waals surface area contributed by atoms with Gasteiger partial charge in [-0.25, -0.2) is 4.98 Å². The summed E-state index contributed by atoms with van der Waals surface area (Å²) in [6.45, 7) is 2.09. The molecule has 4 aromatic rings. The van der Waals surface area contributed by atoms with E-state index in [0.29, 0.717) is 17.9 Å². The molecular weight excluding hydrogens is 532 g/mol. The van der Waals surface area contributed by atoms with Crippen molar-refractivity contribution in [1.82, 2.24) is 35.5 Å². The second-order valence-electron chi connectivity index (χ2n) is 9.75. The van der Waals surface area contributed by atoms with E-state index in [0.717, 1.165) is 40.9 Å². The van der Waals surface area contributed by atoms with E-state index in [1.807, 2.05) is 48.5 Å². The summed E-state index contributed by atoms with van der Waals surface area (Å²) in [5.74, 6) is -0.0374. The maximum Gasteiger partial charge on any atom is 0.324 e. The second kappa shape index (κ2) is 13.3. The number of halogens is 1. The normalized spacial score (nSPS) is 12.8. The number of likely N-dealkylation sites (N-methyl/N-ethyl adjacent to an activating group) is 1. The van der Waals surface area contributed by atoms with Crippen molar-refractivity contribution in [3.05, 3.63) is 70.8 Å². The molecule has 0 unspecified atom stereocenters. The van der Waals surface area contributed by atoms with Gasteiger partial charge in [0.05, 0.1) is 12.1 Å². The highest BCUT2D eigenvalue weighted by Gasteiger charge is 2.30. The number of ether oxygens (including phenoxy) is 1. The van der Waals surface area contributed by atoms with Gasteiger partial charge in [0.2, 0.25) is 11.7 Å². The van der Waals surface area contributed by atoms with Crippen molar-refractivity contribution < 1.29 is 14.3 Å². The Morgan fingerprint density at radius 1 is 1.12 bits per heavy atom. The second-order valence-corrected chi connectivity index (χ2v) is 10.1. The fourth-order valence-electron chi connectivity index (χ4n) is 4.44. The van der Waals surface area contributed by atoms with Crippen molar-refractivity contribution in [2.45, 2.75) is 51.2 Å². The van der Waals surface area contributed by atoms with Crippen molar-refractivity contribution in [3.8, 4) is 22.5 Å². The molecule has 0 aliphatic heterocycles. The van der Waals surface area contributed by atoms with Crippen LogP contribution in [0.4, 0.5) is 0 Å². The van der Waals surface area contributed by atoms with Crippen LogP contribution >= 0.6 is 11.6 Å². The summed E-state index contributed by atoms with van der Waals surface area (Å²) < 4.78 is 6.02. The van der Waals surface area contributed by atoms with Gasteiger partial charge < -0.3 is 15.5 Å². The molecule has 0 saturated heterocycles. The van der Waals surface area contributed by atoms with E-state index in [1.54, 1.807) is 19.0 Å². The van der Waals surface area contributed by atoms with Crippen molar-refractivity contribution in [2.75, 3.05) is 14.1 Å². The number of H-pyrrole nitrogens is 2. The Bertz CT molecular complexity index is 1420. The summed E-state index contributed by atoms with van der Waals surface area (Å²) in [6, 6.07) is 14.9. The number of hydrogen-bond donors (Lipinski definition) is 3. The number of nitrogens with one attached hydrogen (secondary N) is 2. The number of hydrogen-bond acceptors (Lipinski definition) is 8. The van der Waals surface area contributed by atoms with E-state index in [4.69, 9.17) is 22.1 Å². The summed E-state index contributed by atoms with van der Waals surface area (Å²) in [5, 5.41) is 14.9. The third-order valence-corrected chi connectivity index (χ3v) is 6.84. The highest BCUT2D eigenvalue weighted by Crippen LogP contribution is 2.34. The zero-order valence-corrected chi connectivity index (χ0v) is 23.5. The van der Waals surface area contributed by atoms with Crippen molar-refractivity contribution >= 4 is 23.5 Å². The topological polar surface area (TPSA) is 156 Å². The molecule has 0 aliphatic rings. The maximum atomic E-state index is 13.3. The minimum atomic E-state index is -0.850. The van der Waals surface area contributed by atoms with Gasteiger partial charge in [-0.3, -0.25) is 14.5 Å². The molecule has 2 heterocycles. The molecule has 0 spiro atoms. The van der Waals surface area contributed by atoms with Gasteiger partial charge in [-0.1, -0.05) is 67.4 Å². The molecule has 0 fully saturated rings. The lowest BCUT2D eigenvalue weighted by atomic mass is 9.95. The summed E-state index contributed by atoms with van der Waals surface area (Å²) in [4.78, 5) is 34.3. The summed E-state index contributed by atoms with van der Waals surface area (Å²) >= 11 is 6.56. The van der Waals surface area contributed by atoms with Crippen LogP contribution in [0.2, 0.25) is 5.15 Å². The number of aryl methyl sites for hydroxylation is 1. The van der Waals surface area contributed by atoms with Crippen LogP contribution in [-0.4, -0.2) is 67.5 Å². The molecule has 0 aliphatic carbocycles. The molecule has 2 aromatic heterocycles. The van der Waals surface area contributed by atoms with Crippen LogP contribution in [-0.2, 0) is 27.2 Å². The Hall–Kier alpha value is -4.09. The number of aromatic nitrogens is 6. The number of esters is 1. The van der Waals surface area contributed by atoms with Crippen LogP contribution in [0.25, 0.3) is 22.5 Å². The predicted octanol–water partition coefficient (Wildman–Crippen LogP) is 3.89. The first-order chi connectivity index (χ1) is 19.3. The number of carbonyl (C=O) groups excluding carboxylic acids is 2. The van der Waals surface area contributed by atoms with E-state index in [9.17, 15) is 9.59 Å². The zero-order valence-electron chi connectivity index (χ0n) is 22.7. The minimum Gasteiger partial charge on any atom is -0.454 e. The van der Waals surface area contributed by atoms with Gasteiger partial charge in [0, 0.05) is 18.4 Å². The zero-order chi connectivity index (χ0) is 28.6. The Morgan fingerprint density at radius 2 is 1.90 bits per heavy atom. The van der Waals surface area contributed by atoms with E-state index >= 15 is 0 Å². The molecular formula is C28H33ClN8O3. The van der Waals surface area contributed by atoms with Crippen molar-refractivity contribution in [2.24, 2.45) is 5.73 Å². The van der Waals surface area contributed by atoms with Crippen LogP contribution < -0.4 is 5.73 Å². The lowest BCUT2D eigenvalue weighted by molar-refractivity contribution is -0.156. The Morgan fingerprint density at radius 3 is 2.55 bits per heavy atom. The molecule has 2 aromatic carbocycles. The molecule has 2 atom stereocenters. The molecule has 1 amide bonds. The summed E-state index contributed by atoms with van der Waals surface area (Å²) in [7, 11) is 3.38. The fraction of sp³-hybridized carbons (Fsp3) is 0.357. The molecule has 11 nitrogen and oxygen atoms in total. The first-order valence-corrected chi connectivity index (χ1v) is 13.5. The molecule has 4 rings (SSSR count). The highest BCUT2D eigenvalue weighted by atomic mass is 35.5. The molecule has 0 radical (unpaired) electrons. The van der Waals surface area contributed by atoms with Crippen LogP contribution in [0.1, 0.15) is 49.4 Å². The summed E-state index contributed by atoms with van der Waals surface area (Å²) in [5.41, 5.74) is 9.42. The lowest BCUT2D eigenvalue weighted by Gasteiger charge is -2.25. The Labute approximate surface area is 237 Å². The van der Waals surface area contributed by atoms with Gasteiger partial charge in [-0.2, -0.15) is 5.21 Å². The molecule has 40 heavy (non-hydrogen) atoms. The number of carbonyl (C=O) groups is 2. The molecule has 0 saturated carbocycles. The first-order valence-electron chi connectivity index (χ1n) is 13.1. The quantitative estimate of drug-likeness (QED) is 0.206. The maximum absolute atomic E-state index is 13.3. The van der Waals surface area contributed by atoms with Crippen LogP contribution in [0.15, 0.2) is 48.5 Å². The number of unbranched alkanes of at least 4 members (excludes halogenated alkanes) is 1. The number of aromatic amines is 2. The Kier molecular flexibility index (Phi) is 9.62. The number of nitrogens with zero attached hydrogens (tertiary/aromatic N) is 5. The average molecular weight is 565 g/mol. The van der Waals surface area contributed by atoms with Gasteiger partial charge >= 0.3 is 5.97 Å². The van der Waals surface area contributed by atoms with Crippen LogP contribution in [0, 0.1) is 0 Å². The monoisotopic (exact) mass is 564 g/mol. The molecule has 12 heteroatoms. The van der Waals surface area contributed by atoms with Crippen LogP contribution in [0.3, 0.4) is 0 Å². The molecule has 210 valence electrons. The SMILES string of the molecule is CCCCc1nc(Cl)c([C@@H](Cc2ccc(-c3ccccc3)c(-c3nn[nH]n3)c2)OC(=O)[C@@H](CC(N)=O)N(C)C)[nH]1. The van der Waals surface area contributed by atoms with E-state index in [2.05, 4.69) is 37.5 Å². The predicted molar refractivity (Wildman–Crippen MR) is 151 cm³/mol. The number of nitrogens with two attached hydrogens (primary N) is 1. The van der Waals surface area contributed by atoms with E-state index in [1.165, 1.54) is 0 Å². The van der Waals surface area contributed by atoms with E-state index < -0.39 is 24.0 Å². The smallest absolute Gasteiger partial charge is 0.324 e. The minimum absolute atomic E-state index is 0.176. The largest absolute Gasteiger partial charge is 0.454 e. The number of tetrazole rings is 1. The fourth-order valence-corrected chi connectivity index (χ4v) is 4.71. The van der Waals surface area contributed by atoms with Gasteiger partial charge in [-0.15, -0.1) is 10.2 Å².